The van der Waals surface area contributed by atoms with E-state index in [1.54, 1.807) is 6.08 Å². The molecular weight excluding hydrogens is 326 g/mol. The molecular formula is C22H35NO3. The normalized spacial score (nSPS) is 14.3. The molecule has 0 fully saturated rings. The minimum Gasteiger partial charge on any atom is -0.396 e. The topological polar surface area (TPSA) is 73.6 Å². The largest absolute Gasteiger partial charge is 0.396 e. The van der Waals surface area contributed by atoms with Crippen molar-refractivity contribution in [2.45, 2.75) is 76.9 Å². The van der Waals surface area contributed by atoms with Gasteiger partial charge >= 0.3 is 0 Å². The van der Waals surface area contributed by atoms with Crippen LogP contribution < -0.4 is 0 Å². The first-order valence-corrected chi connectivity index (χ1v) is 9.91. The Balaban J connectivity index is 2.40. The minimum atomic E-state index is -0.507. The molecule has 1 rings (SSSR count). The summed E-state index contributed by atoms with van der Waals surface area (Å²) in [6.45, 7) is 2.36. The molecule has 1 aromatic heterocycles. The van der Waals surface area contributed by atoms with Crippen molar-refractivity contribution < 1.29 is 15.3 Å². The summed E-state index contributed by atoms with van der Waals surface area (Å²) in [6, 6.07) is 5.72. The number of hydrogen-bond acceptors (Lipinski definition) is 4. The van der Waals surface area contributed by atoms with E-state index in [2.05, 4.69) is 18.0 Å². The van der Waals surface area contributed by atoms with Gasteiger partial charge in [0.15, 0.2) is 0 Å². The minimum absolute atomic E-state index is 0.168. The number of unbranched alkanes of at least 4 members (excludes halogenated alkanes) is 4. The van der Waals surface area contributed by atoms with Gasteiger partial charge in [-0.2, -0.15) is 0 Å². The summed E-state index contributed by atoms with van der Waals surface area (Å²) in [5, 5.41) is 28.8. The Morgan fingerprint density at radius 1 is 1.08 bits per heavy atom. The van der Waals surface area contributed by atoms with Crippen molar-refractivity contribution in [1.29, 1.82) is 0 Å². The standard InChI is InChI=1S/C22H35NO3/c1-2-3-4-5-6-7-13-21(25)16-15-19-11-10-12-20(23-19)18-22(26)14-8-9-17-24/h6-7,10-12,15-16,21-22,24-26H,2-5,8-9,13-14,17-18H2,1H3/b7-6-,16-15+/t21-,22-/m1/s1. The number of hydrogen-bond donors (Lipinski definition) is 3. The molecule has 0 saturated carbocycles. The van der Waals surface area contributed by atoms with Gasteiger partial charge in [0, 0.05) is 18.7 Å². The fourth-order valence-electron chi connectivity index (χ4n) is 2.69. The lowest BCUT2D eigenvalue weighted by atomic mass is 10.1. The van der Waals surface area contributed by atoms with Crippen LogP contribution in [0.15, 0.2) is 36.4 Å². The maximum Gasteiger partial charge on any atom is 0.0759 e. The molecule has 146 valence electrons. The number of aliphatic hydroxyl groups excluding tert-OH is 3. The molecule has 0 amide bonds. The zero-order valence-electron chi connectivity index (χ0n) is 16.1. The highest BCUT2D eigenvalue weighted by Gasteiger charge is 2.06. The highest BCUT2D eigenvalue weighted by Crippen LogP contribution is 2.10. The Bertz CT molecular complexity index is 528. The summed E-state index contributed by atoms with van der Waals surface area (Å²) < 4.78 is 0. The number of rotatable bonds is 14. The molecule has 1 heterocycles. The van der Waals surface area contributed by atoms with Gasteiger partial charge in [0.05, 0.1) is 17.9 Å². The molecule has 0 radical (unpaired) electrons. The van der Waals surface area contributed by atoms with Gasteiger partial charge in [0.25, 0.3) is 0 Å². The van der Waals surface area contributed by atoms with E-state index in [0.29, 0.717) is 19.3 Å². The third kappa shape index (κ3) is 11.2. The molecule has 3 N–H and O–H groups in total. The fraction of sp³-hybridized carbons (Fsp3) is 0.591. The van der Waals surface area contributed by atoms with Gasteiger partial charge in [0.1, 0.15) is 0 Å². The van der Waals surface area contributed by atoms with Crippen molar-refractivity contribution in [3.63, 3.8) is 0 Å². The summed E-state index contributed by atoms with van der Waals surface area (Å²) >= 11 is 0. The van der Waals surface area contributed by atoms with E-state index in [4.69, 9.17) is 5.11 Å². The number of aliphatic hydroxyl groups is 3. The predicted molar refractivity (Wildman–Crippen MR) is 108 cm³/mol. The molecule has 2 atom stereocenters. The quantitative estimate of drug-likeness (QED) is 0.345. The van der Waals surface area contributed by atoms with Gasteiger partial charge in [-0.3, -0.25) is 4.98 Å². The maximum absolute atomic E-state index is 10.0. The molecule has 26 heavy (non-hydrogen) atoms. The zero-order chi connectivity index (χ0) is 19.0. The first-order valence-electron chi connectivity index (χ1n) is 9.91. The number of allylic oxidation sites excluding steroid dienone is 1. The van der Waals surface area contributed by atoms with Crippen LogP contribution in [0.25, 0.3) is 6.08 Å². The van der Waals surface area contributed by atoms with Crippen LogP contribution in [0.1, 0.15) is 69.7 Å². The van der Waals surface area contributed by atoms with Gasteiger partial charge in [-0.15, -0.1) is 0 Å². The smallest absolute Gasteiger partial charge is 0.0759 e. The van der Waals surface area contributed by atoms with Crippen LogP contribution in [-0.2, 0) is 6.42 Å². The molecule has 0 aliphatic rings. The highest BCUT2D eigenvalue weighted by atomic mass is 16.3. The van der Waals surface area contributed by atoms with Gasteiger partial charge < -0.3 is 15.3 Å². The summed E-state index contributed by atoms with van der Waals surface area (Å²) in [5.74, 6) is 0. The molecule has 0 aliphatic heterocycles. The second-order valence-corrected chi connectivity index (χ2v) is 6.76. The molecule has 0 aliphatic carbocycles. The summed E-state index contributed by atoms with van der Waals surface area (Å²) in [4.78, 5) is 4.52. The maximum atomic E-state index is 10.0. The molecule has 4 heteroatoms. The molecule has 0 bridgehead atoms. The lowest BCUT2D eigenvalue weighted by Crippen LogP contribution is -2.11. The summed E-state index contributed by atoms with van der Waals surface area (Å²) in [7, 11) is 0. The van der Waals surface area contributed by atoms with Crippen molar-refractivity contribution in [1.82, 2.24) is 4.98 Å². The lowest BCUT2D eigenvalue weighted by Gasteiger charge is -2.10. The van der Waals surface area contributed by atoms with E-state index in [0.717, 1.165) is 30.7 Å². The van der Waals surface area contributed by atoms with Crippen LogP contribution in [-0.4, -0.2) is 39.1 Å². The Labute approximate surface area is 158 Å². The summed E-state index contributed by atoms with van der Waals surface area (Å²) in [6.07, 6.45) is 14.9. The third-order valence-electron chi connectivity index (χ3n) is 4.23. The van der Waals surface area contributed by atoms with E-state index >= 15 is 0 Å². The molecule has 4 nitrogen and oxygen atoms in total. The second-order valence-electron chi connectivity index (χ2n) is 6.76. The van der Waals surface area contributed by atoms with Crippen LogP contribution in [0.2, 0.25) is 0 Å². The zero-order valence-corrected chi connectivity index (χ0v) is 16.1. The van der Waals surface area contributed by atoms with Crippen molar-refractivity contribution in [2.75, 3.05) is 6.61 Å². The van der Waals surface area contributed by atoms with E-state index < -0.39 is 12.2 Å². The summed E-state index contributed by atoms with van der Waals surface area (Å²) in [5.41, 5.74) is 1.63. The Morgan fingerprint density at radius 3 is 2.69 bits per heavy atom. The van der Waals surface area contributed by atoms with Gasteiger partial charge in [-0.05, 0) is 56.7 Å². The van der Waals surface area contributed by atoms with Crippen LogP contribution in [0, 0.1) is 0 Å². The van der Waals surface area contributed by atoms with Crippen molar-refractivity contribution in [2.24, 2.45) is 0 Å². The van der Waals surface area contributed by atoms with Crippen LogP contribution in [0.5, 0.6) is 0 Å². The SMILES string of the molecule is CCCCC/C=C\C[C@@H](O)/C=C/c1cccc(C[C@H](O)CCCCO)n1. The monoisotopic (exact) mass is 361 g/mol. The number of nitrogens with zero attached hydrogens (tertiary/aromatic N) is 1. The van der Waals surface area contributed by atoms with Gasteiger partial charge in [0.2, 0.25) is 0 Å². The van der Waals surface area contributed by atoms with E-state index in [1.165, 1.54) is 19.3 Å². The highest BCUT2D eigenvalue weighted by molar-refractivity contribution is 5.45. The number of aromatic nitrogens is 1. The fourth-order valence-corrected chi connectivity index (χ4v) is 2.69. The first kappa shape index (κ1) is 22.6. The second kappa shape index (κ2) is 14.7. The molecule has 0 saturated heterocycles. The molecule has 0 aromatic carbocycles. The molecule has 0 spiro atoms. The van der Waals surface area contributed by atoms with E-state index in [1.807, 2.05) is 30.4 Å². The molecule has 1 aromatic rings. The molecule has 0 unspecified atom stereocenters. The van der Waals surface area contributed by atoms with E-state index in [-0.39, 0.29) is 6.61 Å². The Morgan fingerprint density at radius 2 is 1.92 bits per heavy atom. The van der Waals surface area contributed by atoms with Crippen molar-refractivity contribution in [3.8, 4) is 0 Å². The van der Waals surface area contributed by atoms with Gasteiger partial charge in [-0.1, -0.05) is 44.1 Å². The average Bonchev–Trinajstić information content (AvgIpc) is 2.63. The van der Waals surface area contributed by atoms with Crippen LogP contribution in [0.3, 0.4) is 0 Å². The number of pyridine rings is 1. The first-order chi connectivity index (χ1) is 12.7. The van der Waals surface area contributed by atoms with E-state index in [9.17, 15) is 10.2 Å². The van der Waals surface area contributed by atoms with Gasteiger partial charge in [-0.25, -0.2) is 0 Å². The van der Waals surface area contributed by atoms with Crippen molar-refractivity contribution in [3.05, 3.63) is 47.8 Å². The predicted octanol–water partition coefficient (Wildman–Crippen LogP) is 4.05. The Hall–Kier alpha value is -1.49. The van der Waals surface area contributed by atoms with Crippen molar-refractivity contribution >= 4 is 6.08 Å². The van der Waals surface area contributed by atoms with Crippen LogP contribution in [0.4, 0.5) is 0 Å². The van der Waals surface area contributed by atoms with Crippen LogP contribution >= 0.6 is 0 Å². The lowest BCUT2D eigenvalue weighted by molar-refractivity contribution is 0.156. The Kier molecular flexibility index (Phi) is 12.7. The average molecular weight is 362 g/mol. The third-order valence-corrected chi connectivity index (χ3v) is 4.23.